The SMILES string of the molecule is Nc1nccnc1C1CN(S(=O)(=O)c2cccnc2)CCO1. The van der Waals surface area contributed by atoms with Crippen molar-refractivity contribution >= 4 is 15.8 Å². The number of nitrogen functional groups attached to an aromatic ring is 1. The minimum Gasteiger partial charge on any atom is -0.382 e. The van der Waals surface area contributed by atoms with Crippen LogP contribution in [0.25, 0.3) is 0 Å². The highest BCUT2D eigenvalue weighted by atomic mass is 32.2. The topological polar surface area (TPSA) is 111 Å². The number of nitrogens with zero attached hydrogens (tertiary/aromatic N) is 4. The van der Waals surface area contributed by atoms with Crippen LogP contribution >= 0.6 is 0 Å². The number of hydrogen-bond donors (Lipinski definition) is 1. The normalized spacial score (nSPS) is 19.9. The van der Waals surface area contributed by atoms with Crippen molar-refractivity contribution in [2.75, 3.05) is 25.4 Å². The van der Waals surface area contributed by atoms with Crippen LogP contribution in [0.1, 0.15) is 11.8 Å². The van der Waals surface area contributed by atoms with Gasteiger partial charge < -0.3 is 10.5 Å². The van der Waals surface area contributed by atoms with Gasteiger partial charge in [0.25, 0.3) is 0 Å². The number of pyridine rings is 1. The maximum atomic E-state index is 12.6. The number of hydrogen-bond acceptors (Lipinski definition) is 7. The van der Waals surface area contributed by atoms with Crippen molar-refractivity contribution < 1.29 is 13.2 Å². The van der Waals surface area contributed by atoms with Crippen LogP contribution in [0.15, 0.2) is 41.8 Å². The summed E-state index contributed by atoms with van der Waals surface area (Å²) in [6, 6.07) is 3.11. The lowest BCUT2D eigenvalue weighted by Gasteiger charge is -2.31. The first-order valence-electron chi connectivity index (χ1n) is 6.67. The van der Waals surface area contributed by atoms with Gasteiger partial charge in [0.1, 0.15) is 22.5 Å². The van der Waals surface area contributed by atoms with Gasteiger partial charge in [-0.1, -0.05) is 0 Å². The third-order valence-electron chi connectivity index (χ3n) is 3.36. The van der Waals surface area contributed by atoms with Crippen molar-refractivity contribution in [3.05, 3.63) is 42.6 Å². The van der Waals surface area contributed by atoms with Gasteiger partial charge in [-0.15, -0.1) is 0 Å². The molecule has 9 heteroatoms. The molecule has 0 spiro atoms. The number of sulfonamides is 1. The molecule has 2 N–H and O–H groups in total. The average molecular weight is 321 g/mol. The summed E-state index contributed by atoms with van der Waals surface area (Å²) in [6.45, 7) is 0.675. The summed E-state index contributed by atoms with van der Waals surface area (Å²) >= 11 is 0. The van der Waals surface area contributed by atoms with E-state index in [4.69, 9.17) is 10.5 Å². The van der Waals surface area contributed by atoms with Crippen LogP contribution in [0.3, 0.4) is 0 Å². The van der Waals surface area contributed by atoms with Crippen LogP contribution in [-0.2, 0) is 14.8 Å². The van der Waals surface area contributed by atoms with Gasteiger partial charge in [-0.25, -0.2) is 13.4 Å². The number of anilines is 1. The van der Waals surface area contributed by atoms with E-state index >= 15 is 0 Å². The van der Waals surface area contributed by atoms with E-state index in [2.05, 4.69) is 15.0 Å². The second-order valence-electron chi connectivity index (χ2n) is 4.74. The monoisotopic (exact) mass is 321 g/mol. The van der Waals surface area contributed by atoms with Crippen LogP contribution in [0, 0.1) is 0 Å². The summed E-state index contributed by atoms with van der Waals surface area (Å²) in [4.78, 5) is 12.1. The Morgan fingerprint density at radius 3 is 2.82 bits per heavy atom. The van der Waals surface area contributed by atoms with E-state index in [-0.39, 0.29) is 30.4 Å². The van der Waals surface area contributed by atoms with Gasteiger partial charge >= 0.3 is 0 Å². The van der Waals surface area contributed by atoms with Gasteiger partial charge in [-0.2, -0.15) is 4.31 Å². The standard InChI is InChI=1S/C13H15N5O3S/c14-13-12(16-4-5-17-13)11-9-18(6-7-21-11)22(19,20)10-2-1-3-15-8-10/h1-5,8,11H,6-7,9H2,(H2,14,17). The van der Waals surface area contributed by atoms with E-state index in [0.29, 0.717) is 5.69 Å². The highest BCUT2D eigenvalue weighted by Gasteiger charge is 2.33. The van der Waals surface area contributed by atoms with Crippen molar-refractivity contribution in [2.24, 2.45) is 0 Å². The van der Waals surface area contributed by atoms with E-state index in [0.717, 1.165) is 0 Å². The van der Waals surface area contributed by atoms with Gasteiger partial charge in [-0.05, 0) is 12.1 Å². The Morgan fingerprint density at radius 2 is 2.09 bits per heavy atom. The molecular weight excluding hydrogens is 306 g/mol. The van der Waals surface area contributed by atoms with Crippen LogP contribution in [-0.4, -0.2) is 47.4 Å². The summed E-state index contributed by atoms with van der Waals surface area (Å²) < 4.78 is 32.2. The molecule has 3 heterocycles. The molecule has 3 rings (SSSR count). The molecule has 0 bridgehead atoms. The van der Waals surface area contributed by atoms with Crippen molar-refractivity contribution in [1.82, 2.24) is 19.3 Å². The van der Waals surface area contributed by atoms with Gasteiger partial charge in [0.15, 0.2) is 0 Å². The molecule has 0 saturated carbocycles. The summed E-state index contributed by atoms with van der Waals surface area (Å²) in [5.74, 6) is 0.244. The zero-order valence-electron chi connectivity index (χ0n) is 11.7. The van der Waals surface area contributed by atoms with Crippen LogP contribution in [0.5, 0.6) is 0 Å². The van der Waals surface area contributed by atoms with Crippen molar-refractivity contribution in [3.63, 3.8) is 0 Å². The molecule has 2 aromatic rings. The molecule has 1 aliphatic heterocycles. The highest BCUT2D eigenvalue weighted by Crippen LogP contribution is 2.27. The second kappa shape index (κ2) is 5.95. The van der Waals surface area contributed by atoms with Gasteiger partial charge in [0.2, 0.25) is 10.0 Å². The molecule has 116 valence electrons. The van der Waals surface area contributed by atoms with Gasteiger partial charge in [-0.3, -0.25) is 9.97 Å². The molecule has 8 nitrogen and oxygen atoms in total. The molecule has 1 atom stereocenters. The number of rotatable bonds is 3. The van der Waals surface area contributed by atoms with Crippen LogP contribution in [0.4, 0.5) is 5.82 Å². The molecule has 0 radical (unpaired) electrons. The first kappa shape index (κ1) is 14.8. The van der Waals surface area contributed by atoms with Crippen LogP contribution < -0.4 is 5.73 Å². The van der Waals surface area contributed by atoms with E-state index in [1.165, 1.54) is 35.2 Å². The number of morpholine rings is 1. The quantitative estimate of drug-likeness (QED) is 0.860. The number of ether oxygens (including phenoxy) is 1. The average Bonchev–Trinajstić information content (AvgIpc) is 2.56. The molecule has 0 amide bonds. The molecule has 1 fully saturated rings. The van der Waals surface area contributed by atoms with E-state index < -0.39 is 16.1 Å². The molecular formula is C13H15N5O3S. The van der Waals surface area contributed by atoms with Gasteiger partial charge in [0.05, 0.1) is 6.61 Å². The van der Waals surface area contributed by atoms with Crippen molar-refractivity contribution in [1.29, 1.82) is 0 Å². The molecule has 22 heavy (non-hydrogen) atoms. The first-order valence-corrected chi connectivity index (χ1v) is 8.11. The number of nitrogens with two attached hydrogens (primary N) is 1. The van der Waals surface area contributed by atoms with E-state index in [9.17, 15) is 8.42 Å². The zero-order valence-corrected chi connectivity index (χ0v) is 12.5. The van der Waals surface area contributed by atoms with Crippen LogP contribution in [0.2, 0.25) is 0 Å². The molecule has 1 aliphatic rings. The summed E-state index contributed by atoms with van der Waals surface area (Å²) in [7, 11) is -3.61. The van der Waals surface area contributed by atoms with E-state index in [1.807, 2.05) is 0 Å². The largest absolute Gasteiger partial charge is 0.382 e. The molecule has 2 aromatic heterocycles. The predicted octanol–water partition coefficient (Wildman–Crippen LogP) is 0.216. The molecule has 1 saturated heterocycles. The zero-order chi connectivity index (χ0) is 15.6. The molecule has 0 aliphatic carbocycles. The summed E-state index contributed by atoms with van der Waals surface area (Å²) in [5, 5.41) is 0. The minimum absolute atomic E-state index is 0.139. The third kappa shape index (κ3) is 2.78. The Morgan fingerprint density at radius 1 is 1.27 bits per heavy atom. The third-order valence-corrected chi connectivity index (χ3v) is 5.21. The Hall–Kier alpha value is -2.10. The fraction of sp³-hybridized carbons (Fsp3) is 0.308. The smallest absolute Gasteiger partial charge is 0.244 e. The van der Waals surface area contributed by atoms with E-state index in [1.54, 1.807) is 6.07 Å². The maximum absolute atomic E-state index is 12.6. The van der Waals surface area contributed by atoms with Gasteiger partial charge in [0, 0.05) is 37.9 Å². The summed E-state index contributed by atoms with van der Waals surface area (Å²) in [5.41, 5.74) is 6.24. The Kier molecular flexibility index (Phi) is 4.01. The lowest BCUT2D eigenvalue weighted by atomic mass is 10.2. The maximum Gasteiger partial charge on any atom is 0.244 e. The summed E-state index contributed by atoms with van der Waals surface area (Å²) in [6.07, 6.45) is 5.31. The Labute approximate surface area is 128 Å². The Bertz CT molecular complexity index is 753. The molecule has 0 aromatic carbocycles. The number of aromatic nitrogens is 3. The lowest BCUT2D eigenvalue weighted by Crippen LogP contribution is -2.42. The fourth-order valence-corrected chi connectivity index (χ4v) is 3.66. The Balaban J connectivity index is 1.86. The minimum atomic E-state index is -3.61. The molecule has 1 unspecified atom stereocenters. The highest BCUT2D eigenvalue weighted by molar-refractivity contribution is 7.89. The lowest BCUT2D eigenvalue weighted by molar-refractivity contribution is -0.00466. The predicted molar refractivity (Wildman–Crippen MR) is 78.1 cm³/mol. The van der Waals surface area contributed by atoms with Crippen molar-refractivity contribution in [2.45, 2.75) is 11.0 Å². The fourth-order valence-electron chi connectivity index (χ4n) is 2.27. The first-order chi connectivity index (χ1) is 10.6. The van der Waals surface area contributed by atoms with Crippen molar-refractivity contribution in [3.8, 4) is 0 Å². The second-order valence-corrected chi connectivity index (χ2v) is 6.68.